The van der Waals surface area contributed by atoms with Crippen LogP contribution in [0, 0.1) is 17.2 Å². The maximum atomic E-state index is 8.82. The van der Waals surface area contributed by atoms with E-state index in [0.717, 1.165) is 31.2 Å². The molecule has 2 rings (SSSR count). The Labute approximate surface area is 113 Å². The summed E-state index contributed by atoms with van der Waals surface area (Å²) in [7, 11) is 2.06. The Hall–Kier alpha value is -1.24. The van der Waals surface area contributed by atoms with Gasteiger partial charge >= 0.3 is 0 Å². The number of anilines is 1. The lowest BCUT2D eigenvalue weighted by molar-refractivity contribution is 0.378. The van der Waals surface area contributed by atoms with Crippen LogP contribution in [0.25, 0.3) is 0 Å². The van der Waals surface area contributed by atoms with Gasteiger partial charge in [-0.2, -0.15) is 5.26 Å². The Morgan fingerprint density at radius 3 is 2.78 bits per heavy atom. The fourth-order valence-corrected chi connectivity index (χ4v) is 2.76. The smallest absolute Gasteiger partial charge is 0.0992 e. The van der Waals surface area contributed by atoms with Gasteiger partial charge in [0.1, 0.15) is 0 Å². The number of hydrogen-bond donors (Lipinski definition) is 1. The van der Waals surface area contributed by atoms with Gasteiger partial charge in [0.05, 0.1) is 22.3 Å². The van der Waals surface area contributed by atoms with Crippen molar-refractivity contribution >= 4 is 17.3 Å². The van der Waals surface area contributed by atoms with Crippen molar-refractivity contribution in [2.75, 3.05) is 31.6 Å². The summed E-state index contributed by atoms with van der Waals surface area (Å²) in [6, 6.07) is 7.59. The fraction of sp³-hybridized carbons (Fsp3) is 0.500. The molecule has 0 radical (unpaired) electrons. The van der Waals surface area contributed by atoms with Gasteiger partial charge in [-0.05, 0) is 50.0 Å². The molecule has 4 heteroatoms. The lowest BCUT2D eigenvalue weighted by atomic mass is 9.97. The van der Waals surface area contributed by atoms with Crippen molar-refractivity contribution in [2.24, 2.45) is 5.92 Å². The normalized spacial score (nSPS) is 16.3. The molecular formula is C14H18ClN3. The number of rotatable bonds is 3. The van der Waals surface area contributed by atoms with Crippen LogP contribution < -0.4 is 10.2 Å². The molecule has 1 aromatic carbocycles. The molecule has 1 aromatic rings. The average molecular weight is 264 g/mol. The number of halogens is 1. The van der Waals surface area contributed by atoms with Crippen LogP contribution in [0.4, 0.5) is 5.69 Å². The average Bonchev–Trinajstić information content (AvgIpc) is 2.39. The molecule has 1 N–H and O–H groups in total. The van der Waals surface area contributed by atoms with Gasteiger partial charge < -0.3 is 10.2 Å². The number of hydrogen-bond acceptors (Lipinski definition) is 3. The van der Waals surface area contributed by atoms with Crippen LogP contribution in [0.2, 0.25) is 5.02 Å². The van der Waals surface area contributed by atoms with Crippen molar-refractivity contribution < 1.29 is 0 Å². The predicted octanol–water partition coefficient (Wildman–Crippen LogP) is 2.65. The van der Waals surface area contributed by atoms with E-state index in [1.54, 1.807) is 6.07 Å². The summed E-state index contributed by atoms with van der Waals surface area (Å²) in [6.45, 7) is 3.24. The largest absolute Gasteiger partial charge is 0.373 e. The predicted molar refractivity (Wildman–Crippen MR) is 75.0 cm³/mol. The third-order valence-corrected chi connectivity index (χ3v) is 3.78. The molecule has 1 fully saturated rings. The monoisotopic (exact) mass is 263 g/mol. The minimum atomic E-state index is 0.610. The number of nitriles is 1. The van der Waals surface area contributed by atoms with Gasteiger partial charge in [0.15, 0.2) is 0 Å². The summed E-state index contributed by atoms with van der Waals surface area (Å²) in [4.78, 5) is 2.19. The van der Waals surface area contributed by atoms with Crippen molar-refractivity contribution in [1.82, 2.24) is 5.32 Å². The zero-order valence-corrected chi connectivity index (χ0v) is 11.4. The molecular weight excluding hydrogens is 246 g/mol. The Bertz CT molecular complexity index is 447. The molecule has 1 heterocycles. The highest BCUT2D eigenvalue weighted by Crippen LogP contribution is 2.27. The van der Waals surface area contributed by atoms with E-state index in [0.29, 0.717) is 10.6 Å². The van der Waals surface area contributed by atoms with E-state index in [1.807, 2.05) is 12.1 Å². The lowest BCUT2D eigenvalue weighted by Crippen LogP contribution is -2.34. The summed E-state index contributed by atoms with van der Waals surface area (Å²) >= 11 is 6.22. The number of benzene rings is 1. The Morgan fingerprint density at radius 2 is 2.17 bits per heavy atom. The van der Waals surface area contributed by atoms with Crippen LogP contribution >= 0.6 is 11.6 Å². The minimum Gasteiger partial charge on any atom is -0.373 e. The van der Waals surface area contributed by atoms with Crippen LogP contribution in [0.5, 0.6) is 0 Å². The summed E-state index contributed by atoms with van der Waals surface area (Å²) < 4.78 is 0. The molecule has 0 aromatic heterocycles. The van der Waals surface area contributed by atoms with Crippen molar-refractivity contribution in [3.8, 4) is 6.07 Å². The second-order valence-corrected chi connectivity index (χ2v) is 5.26. The summed E-state index contributed by atoms with van der Waals surface area (Å²) in [6.07, 6.45) is 2.44. The molecule has 0 unspecified atom stereocenters. The molecule has 18 heavy (non-hydrogen) atoms. The highest BCUT2D eigenvalue weighted by atomic mass is 35.5. The molecule has 0 atom stereocenters. The highest BCUT2D eigenvalue weighted by Gasteiger charge is 2.16. The molecule has 0 spiro atoms. The van der Waals surface area contributed by atoms with E-state index in [9.17, 15) is 0 Å². The lowest BCUT2D eigenvalue weighted by Gasteiger charge is -2.29. The van der Waals surface area contributed by atoms with Crippen molar-refractivity contribution in [3.63, 3.8) is 0 Å². The zero-order chi connectivity index (χ0) is 13.0. The molecule has 96 valence electrons. The molecule has 0 amide bonds. The number of nitrogens with zero attached hydrogens (tertiary/aromatic N) is 2. The third-order valence-electron chi connectivity index (χ3n) is 3.48. The van der Waals surface area contributed by atoms with Crippen LogP contribution in [0.1, 0.15) is 18.4 Å². The van der Waals surface area contributed by atoms with E-state index in [4.69, 9.17) is 16.9 Å². The maximum Gasteiger partial charge on any atom is 0.0992 e. The van der Waals surface area contributed by atoms with Gasteiger partial charge in [-0.15, -0.1) is 0 Å². The molecule has 1 aliphatic heterocycles. The van der Waals surface area contributed by atoms with E-state index in [2.05, 4.69) is 23.3 Å². The highest BCUT2D eigenvalue weighted by molar-refractivity contribution is 6.33. The first-order valence-corrected chi connectivity index (χ1v) is 6.70. The Morgan fingerprint density at radius 1 is 1.44 bits per heavy atom. The molecule has 1 saturated heterocycles. The summed E-state index contributed by atoms with van der Waals surface area (Å²) in [5.41, 5.74) is 1.62. The summed E-state index contributed by atoms with van der Waals surface area (Å²) in [5.74, 6) is 0.725. The summed E-state index contributed by atoms with van der Waals surface area (Å²) in [5, 5.41) is 12.9. The van der Waals surface area contributed by atoms with Gasteiger partial charge in [-0.1, -0.05) is 11.6 Å². The first-order valence-electron chi connectivity index (χ1n) is 6.32. The van der Waals surface area contributed by atoms with Crippen LogP contribution in [-0.2, 0) is 0 Å². The van der Waals surface area contributed by atoms with Crippen LogP contribution in [0.15, 0.2) is 18.2 Å². The Balaban J connectivity index is 2.04. The second kappa shape index (κ2) is 6.08. The molecule has 0 aliphatic carbocycles. The van der Waals surface area contributed by atoms with E-state index in [-0.39, 0.29) is 0 Å². The number of piperidine rings is 1. The molecule has 0 saturated carbocycles. The molecule has 0 bridgehead atoms. The van der Waals surface area contributed by atoms with Crippen molar-refractivity contribution in [2.45, 2.75) is 12.8 Å². The molecule has 3 nitrogen and oxygen atoms in total. The zero-order valence-electron chi connectivity index (χ0n) is 10.6. The minimum absolute atomic E-state index is 0.610. The van der Waals surface area contributed by atoms with Crippen molar-refractivity contribution in [1.29, 1.82) is 5.26 Å². The maximum absolute atomic E-state index is 8.82. The van der Waals surface area contributed by atoms with Crippen molar-refractivity contribution in [3.05, 3.63) is 28.8 Å². The van der Waals surface area contributed by atoms with E-state index < -0.39 is 0 Å². The van der Waals surface area contributed by atoms with Gasteiger partial charge in [-0.3, -0.25) is 0 Å². The van der Waals surface area contributed by atoms with Crippen LogP contribution in [0.3, 0.4) is 0 Å². The number of nitrogens with one attached hydrogen (secondary N) is 1. The van der Waals surface area contributed by atoms with Crippen LogP contribution in [-0.4, -0.2) is 26.7 Å². The third kappa shape index (κ3) is 3.16. The quantitative estimate of drug-likeness (QED) is 0.911. The van der Waals surface area contributed by atoms with E-state index in [1.165, 1.54) is 12.8 Å². The first kappa shape index (κ1) is 13.2. The molecule has 1 aliphatic rings. The standard InChI is InChI=1S/C14H18ClN3/c1-18(10-11-4-6-17-7-5-11)14-3-2-12(9-16)8-13(14)15/h2-3,8,11,17H,4-7,10H2,1H3. The second-order valence-electron chi connectivity index (χ2n) is 4.85. The fourth-order valence-electron chi connectivity index (χ4n) is 2.44. The van der Waals surface area contributed by atoms with Gasteiger partial charge in [0.2, 0.25) is 0 Å². The Kier molecular flexibility index (Phi) is 4.46. The van der Waals surface area contributed by atoms with Gasteiger partial charge in [0, 0.05) is 13.6 Å². The topological polar surface area (TPSA) is 39.1 Å². The first-order chi connectivity index (χ1) is 8.70. The SMILES string of the molecule is CN(CC1CCNCC1)c1ccc(C#N)cc1Cl. The van der Waals surface area contributed by atoms with Gasteiger partial charge in [-0.25, -0.2) is 0 Å². The van der Waals surface area contributed by atoms with Gasteiger partial charge in [0.25, 0.3) is 0 Å². The van der Waals surface area contributed by atoms with E-state index >= 15 is 0 Å².